The highest BCUT2D eigenvalue weighted by atomic mass is 16.2. The number of carbonyl (C=O) groups excluding carboxylic acids is 2. The molecule has 1 aromatic rings. The molecule has 5 nitrogen and oxygen atoms in total. The van der Waals surface area contributed by atoms with Gasteiger partial charge in [-0.3, -0.25) is 9.59 Å². The van der Waals surface area contributed by atoms with Gasteiger partial charge in [-0.15, -0.1) is 0 Å². The normalized spacial score (nSPS) is 12.8. The zero-order valence-electron chi connectivity index (χ0n) is 16.5. The van der Waals surface area contributed by atoms with Gasteiger partial charge in [-0.25, -0.2) is 0 Å². The van der Waals surface area contributed by atoms with Crippen molar-refractivity contribution in [1.82, 2.24) is 15.5 Å². The lowest BCUT2D eigenvalue weighted by Crippen LogP contribution is -2.36. The summed E-state index contributed by atoms with van der Waals surface area (Å²) in [4.78, 5) is 25.9. The molecular weight excluding hydrogens is 314 g/mol. The highest BCUT2D eigenvalue weighted by molar-refractivity contribution is 5.81. The Morgan fingerprint density at radius 3 is 2.20 bits per heavy atom. The number of nitrogens with zero attached hydrogens (tertiary/aromatic N) is 1. The van der Waals surface area contributed by atoms with Crippen molar-refractivity contribution in [2.75, 3.05) is 27.2 Å². The van der Waals surface area contributed by atoms with Crippen molar-refractivity contribution in [3.05, 3.63) is 35.4 Å². The summed E-state index contributed by atoms with van der Waals surface area (Å²) in [5.74, 6) is 0.0314. The third-order valence-corrected chi connectivity index (χ3v) is 4.13. The monoisotopic (exact) mass is 347 g/mol. The van der Waals surface area contributed by atoms with Crippen LogP contribution in [0.2, 0.25) is 0 Å². The van der Waals surface area contributed by atoms with Crippen molar-refractivity contribution >= 4 is 11.8 Å². The Morgan fingerprint density at radius 1 is 1.08 bits per heavy atom. The molecule has 0 aliphatic carbocycles. The number of rotatable bonds is 8. The lowest BCUT2D eigenvalue weighted by Gasteiger charge is -2.25. The van der Waals surface area contributed by atoms with E-state index in [1.807, 2.05) is 34.9 Å². The van der Waals surface area contributed by atoms with Gasteiger partial charge < -0.3 is 15.5 Å². The van der Waals surface area contributed by atoms with E-state index in [1.165, 1.54) is 11.1 Å². The molecule has 2 N–H and O–H groups in total. The van der Waals surface area contributed by atoms with Crippen LogP contribution in [0.1, 0.15) is 50.8 Å². The van der Waals surface area contributed by atoms with Crippen molar-refractivity contribution in [2.24, 2.45) is 5.41 Å². The first-order chi connectivity index (χ1) is 11.6. The van der Waals surface area contributed by atoms with E-state index in [4.69, 9.17) is 0 Å². The molecule has 0 heterocycles. The maximum atomic E-state index is 12.1. The van der Waals surface area contributed by atoms with Crippen molar-refractivity contribution in [1.29, 1.82) is 0 Å². The minimum atomic E-state index is -0.394. The maximum absolute atomic E-state index is 12.1. The highest BCUT2D eigenvalue weighted by Gasteiger charge is 2.20. The SMILES string of the molecule is Cc1ccc([C@H](CNC(=O)CCCNC(=O)C(C)(C)C)N(C)C)cc1. The van der Waals surface area contributed by atoms with Crippen molar-refractivity contribution in [2.45, 2.75) is 46.6 Å². The zero-order valence-corrected chi connectivity index (χ0v) is 16.5. The number of nitrogens with one attached hydrogen (secondary N) is 2. The van der Waals surface area contributed by atoms with Crippen LogP contribution in [0.15, 0.2) is 24.3 Å². The number of benzene rings is 1. The molecule has 1 aromatic carbocycles. The average Bonchev–Trinajstić information content (AvgIpc) is 2.52. The Hall–Kier alpha value is -1.88. The zero-order chi connectivity index (χ0) is 19.0. The average molecular weight is 348 g/mol. The van der Waals surface area contributed by atoms with Crippen LogP contribution in [0.5, 0.6) is 0 Å². The molecule has 0 saturated carbocycles. The van der Waals surface area contributed by atoms with Crippen molar-refractivity contribution in [3.63, 3.8) is 0 Å². The molecule has 0 unspecified atom stereocenters. The molecule has 0 fully saturated rings. The van der Waals surface area contributed by atoms with Crippen LogP contribution in [-0.4, -0.2) is 43.9 Å². The summed E-state index contributed by atoms with van der Waals surface area (Å²) in [6.45, 7) is 8.79. The van der Waals surface area contributed by atoms with Gasteiger partial charge in [-0.1, -0.05) is 50.6 Å². The fourth-order valence-corrected chi connectivity index (χ4v) is 2.40. The summed E-state index contributed by atoms with van der Waals surface area (Å²) in [5, 5.41) is 5.87. The fourth-order valence-electron chi connectivity index (χ4n) is 2.40. The van der Waals surface area contributed by atoms with Gasteiger partial charge in [0.25, 0.3) is 0 Å². The first kappa shape index (κ1) is 21.2. The second-order valence-corrected chi connectivity index (χ2v) is 7.80. The Balaban J connectivity index is 2.38. The summed E-state index contributed by atoms with van der Waals surface area (Å²) in [7, 11) is 4.03. The molecule has 0 spiro atoms. The number of carbonyl (C=O) groups is 2. The summed E-state index contributed by atoms with van der Waals surface area (Å²) >= 11 is 0. The van der Waals surface area contributed by atoms with Gasteiger partial charge in [0.2, 0.25) is 11.8 Å². The molecular formula is C20H33N3O2. The van der Waals surface area contributed by atoms with E-state index in [0.29, 0.717) is 25.9 Å². The highest BCUT2D eigenvalue weighted by Crippen LogP contribution is 2.18. The predicted octanol–water partition coefficient (Wildman–Crippen LogP) is 2.66. The molecule has 5 heteroatoms. The van der Waals surface area contributed by atoms with Crippen molar-refractivity contribution < 1.29 is 9.59 Å². The molecule has 0 bridgehead atoms. The van der Waals surface area contributed by atoms with E-state index in [9.17, 15) is 9.59 Å². The second-order valence-electron chi connectivity index (χ2n) is 7.80. The number of hydrogen-bond donors (Lipinski definition) is 2. The molecule has 2 amide bonds. The third-order valence-electron chi connectivity index (χ3n) is 4.13. The first-order valence-corrected chi connectivity index (χ1v) is 8.89. The second kappa shape index (κ2) is 9.56. The third kappa shape index (κ3) is 7.69. The van der Waals surface area contributed by atoms with E-state index >= 15 is 0 Å². The fraction of sp³-hybridized carbons (Fsp3) is 0.600. The molecule has 0 aromatic heterocycles. The molecule has 0 aliphatic rings. The summed E-state index contributed by atoms with van der Waals surface area (Å²) < 4.78 is 0. The summed E-state index contributed by atoms with van der Waals surface area (Å²) in [6, 6.07) is 8.53. The van der Waals surface area contributed by atoms with Gasteiger partial charge in [-0.05, 0) is 33.0 Å². The van der Waals surface area contributed by atoms with Crippen LogP contribution < -0.4 is 10.6 Å². The summed E-state index contributed by atoms with van der Waals surface area (Å²) in [5.41, 5.74) is 2.02. The van der Waals surface area contributed by atoms with Gasteiger partial charge in [0.1, 0.15) is 0 Å². The Bertz CT molecular complexity index is 559. The van der Waals surface area contributed by atoms with Gasteiger partial charge >= 0.3 is 0 Å². The van der Waals surface area contributed by atoms with Crippen LogP contribution in [0.25, 0.3) is 0 Å². The van der Waals surface area contributed by atoms with Crippen LogP contribution in [0.4, 0.5) is 0 Å². The molecule has 0 saturated heterocycles. The minimum absolute atomic E-state index is 0.0138. The summed E-state index contributed by atoms with van der Waals surface area (Å²) in [6.07, 6.45) is 1.06. The minimum Gasteiger partial charge on any atom is -0.356 e. The van der Waals surface area contributed by atoms with E-state index in [0.717, 1.165) is 0 Å². The lowest BCUT2D eigenvalue weighted by atomic mass is 9.96. The molecule has 140 valence electrons. The quantitative estimate of drug-likeness (QED) is 0.711. The first-order valence-electron chi connectivity index (χ1n) is 8.89. The van der Waals surface area contributed by atoms with E-state index < -0.39 is 5.41 Å². The largest absolute Gasteiger partial charge is 0.356 e. The Labute approximate surface area is 152 Å². The van der Waals surface area contributed by atoms with Crippen LogP contribution in [0, 0.1) is 12.3 Å². The number of likely N-dealkylation sites (N-methyl/N-ethyl adjacent to an activating group) is 1. The van der Waals surface area contributed by atoms with E-state index in [2.05, 4.69) is 46.7 Å². The van der Waals surface area contributed by atoms with Gasteiger partial charge in [0, 0.05) is 24.9 Å². The number of hydrogen-bond acceptors (Lipinski definition) is 3. The number of aryl methyl sites for hydroxylation is 1. The van der Waals surface area contributed by atoms with E-state index in [-0.39, 0.29) is 17.9 Å². The smallest absolute Gasteiger partial charge is 0.225 e. The van der Waals surface area contributed by atoms with Gasteiger partial charge in [-0.2, -0.15) is 0 Å². The standard InChI is InChI=1S/C20H33N3O2/c1-15-9-11-16(12-10-15)17(23(5)6)14-22-18(24)8-7-13-21-19(25)20(2,3)4/h9-12,17H,7-8,13-14H2,1-6H3,(H,21,25)(H,22,24)/t17-/m0/s1. The van der Waals surface area contributed by atoms with Crippen molar-refractivity contribution in [3.8, 4) is 0 Å². The van der Waals surface area contributed by atoms with Crippen LogP contribution >= 0.6 is 0 Å². The Kier molecular flexibility index (Phi) is 8.10. The van der Waals surface area contributed by atoms with E-state index in [1.54, 1.807) is 0 Å². The Morgan fingerprint density at radius 2 is 1.68 bits per heavy atom. The van der Waals surface area contributed by atoms with Crippen LogP contribution in [-0.2, 0) is 9.59 Å². The predicted molar refractivity (Wildman–Crippen MR) is 102 cm³/mol. The number of amides is 2. The topological polar surface area (TPSA) is 61.4 Å². The molecule has 25 heavy (non-hydrogen) atoms. The lowest BCUT2D eigenvalue weighted by molar-refractivity contribution is -0.128. The molecule has 1 atom stereocenters. The van der Waals surface area contributed by atoms with Gasteiger partial charge in [0.05, 0.1) is 6.04 Å². The van der Waals surface area contributed by atoms with Crippen LogP contribution in [0.3, 0.4) is 0 Å². The molecule has 0 aliphatic heterocycles. The van der Waals surface area contributed by atoms with Gasteiger partial charge in [0.15, 0.2) is 0 Å². The molecule has 1 rings (SSSR count). The maximum Gasteiger partial charge on any atom is 0.225 e. The molecule has 0 radical (unpaired) electrons.